The average Bonchev–Trinajstić information content (AvgIpc) is 2.53. The summed E-state index contributed by atoms with van der Waals surface area (Å²) in [5.74, 6) is 0.256. The lowest BCUT2D eigenvalue weighted by Gasteiger charge is -2.19. The molecule has 1 amide bonds. The maximum atomic E-state index is 12.1. The van der Waals surface area contributed by atoms with Crippen LogP contribution in [0.1, 0.15) is 26.3 Å². The molecule has 0 atom stereocenters. The van der Waals surface area contributed by atoms with Crippen molar-refractivity contribution in [2.75, 3.05) is 5.75 Å². The summed E-state index contributed by atoms with van der Waals surface area (Å²) in [5.41, 5.74) is 0.771. The van der Waals surface area contributed by atoms with Gasteiger partial charge in [0, 0.05) is 12.1 Å². The van der Waals surface area contributed by atoms with Gasteiger partial charge in [0.25, 0.3) is 0 Å². The van der Waals surface area contributed by atoms with Gasteiger partial charge in [-0.15, -0.1) is 0 Å². The van der Waals surface area contributed by atoms with Crippen molar-refractivity contribution in [1.29, 1.82) is 0 Å². The molecule has 0 fully saturated rings. The Morgan fingerprint density at radius 3 is 2.24 bits per heavy atom. The number of sulfone groups is 1. The SMILES string of the molecule is CC(C)(C)S(=O)(=O)CC(=O)NCc1ccccc1Oc1ccccc1. The summed E-state index contributed by atoms with van der Waals surface area (Å²) in [6, 6.07) is 16.6. The fourth-order valence-corrected chi connectivity index (χ4v) is 2.88. The van der Waals surface area contributed by atoms with Crippen LogP contribution >= 0.6 is 0 Å². The van der Waals surface area contributed by atoms with Crippen molar-refractivity contribution in [2.24, 2.45) is 0 Å². The van der Waals surface area contributed by atoms with Crippen LogP contribution in [0.2, 0.25) is 0 Å². The number of para-hydroxylation sites is 2. The first kappa shape index (κ1) is 19.0. The van der Waals surface area contributed by atoms with E-state index >= 15 is 0 Å². The van der Waals surface area contributed by atoms with Crippen molar-refractivity contribution in [2.45, 2.75) is 32.1 Å². The van der Waals surface area contributed by atoms with Gasteiger partial charge in [-0.3, -0.25) is 4.79 Å². The highest BCUT2D eigenvalue weighted by atomic mass is 32.2. The zero-order valence-electron chi connectivity index (χ0n) is 14.7. The quantitative estimate of drug-likeness (QED) is 0.857. The summed E-state index contributed by atoms with van der Waals surface area (Å²) >= 11 is 0. The summed E-state index contributed by atoms with van der Waals surface area (Å²) in [6.45, 7) is 4.94. The van der Waals surface area contributed by atoms with Gasteiger partial charge >= 0.3 is 0 Å². The van der Waals surface area contributed by atoms with E-state index < -0.39 is 26.2 Å². The largest absolute Gasteiger partial charge is 0.457 e. The molecule has 0 aliphatic carbocycles. The summed E-state index contributed by atoms with van der Waals surface area (Å²) in [7, 11) is -3.50. The molecule has 0 aromatic heterocycles. The van der Waals surface area contributed by atoms with E-state index in [0.717, 1.165) is 5.56 Å². The van der Waals surface area contributed by atoms with Crippen molar-refractivity contribution in [3.05, 3.63) is 60.2 Å². The first-order valence-electron chi connectivity index (χ1n) is 7.99. The van der Waals surface area contributed by atoms with Crippen LogP contribution < -0.4 is 10.1 Å². The molecule has 2 rings (SSSR count). The fourth-order valence-electron chi connectivity index (χ4n) is 2.00. The number of amides is 1. The standard InChI is InChI=1S/C19H23NO4S/c1-19(2,3)25(22,23)14-18(21)20-13-15-9-7-8-12-17(15)24-16-10-5-4-6-11-16/h4-12H,13-14H2,1-3H3,(H,20,21). The molecule has 0 radical (unpaired) electrons. The van der Waals surface area contributed by atoms with Crippen LogP contribution in [-0.2, 0) is 21.2 Å². The monoisotopic (exact) mass is 361 g/mol. The Labute approximate surface area is 148 Å². The minimum Gasteiger partial charge on any atom is -0.457 e. The second-order valence-corrected chi connectivity index (χ2v) is 9.41. The van der Waals surface area contributed by atoms with E-state index in [9.17, 15) is 13.2 Å². The number of benzene rings is 2. The van der Waals surface area contributed by atoms with Gasteiger partial charge in [0.15, 0.2) is 9.84 Å². The van der Waals surface area contributed by atoms with Crippen molar-refractivity contribution >= 4 is 15.7 Å². The molecule has 2 aromatic rings. The van der Waals surface area contributed by atoms with Crippen LogP contribution in [0, 0.1) is 0 Å². The van der Waals surface area contributed by atoms with Crippen LogP contribution in [0.3, 0.4) is 0 Å². The molecule has 2 aromatic carbocycles. The summed E-state index contributed by atoms with van der Waals surface area (Å²) in [6.07, 6.45) is 0. The van der Waals surface area contributed by atoms with Gasteiger partial charge in [-0.25, -0.2) is 8.42 Å². The minimum atomic E-state index is -3.50. The molecule has 0 unspecified atom stereocenters. The molecular formula is C19H23NO4S. The Morgan fingerprint density at radius 2 is 1.60 bits per heavy atom. The van der Waals surface area contributed by atoms with Gasteiger partial charge in [-0.05, 0) is 39.0 Å². The number of hydrogen-bond acceptors (Lipinski definition) is 4. The average molecular weight is 361 g/mol. The van der Waals surface area contributed by atoms with E-state index in [1.807, 2.05) is 48.5 Å². The number of hydrogen-bond donors (Lipinski definition) is 1. The topological polar surface area (TPSA) is 72.5 Å². The first-order valence-corrected chi connectivity index (χ1v) is 9.64. The van der Waals surface area contributed by atoms with Crippen LogP contribution in [0.15, 0.2) is 54.6 Å². The Kier molecular flexibility index (Phi) is 5.85. The van der Waals surface area contributed by atoms with E-state index in [1.54, 1.807) is 26.8 Å². The summed E-state index contributed by atoms with van der Waals surface area (Å²) in [5, 5.41) is 2.66. The molecule has 0 saturated carbocycles. The third kappa shape index (κ3) is 5.32. The van der Waals surface area contributed by atoms with Crippen LogP contribution in [0.25, 0.3) is 0 Å². The van der Waals surface area contributed by atoms with Crippen molar-refractivity contribution in [3.63, 3.8) is 0 Å². The Hall–Kier alpha value is -2.34. The number of carbonyl (C=O) groups is 1. The summed E-state index contributed by atoms with van der Waals surface area (Å²) < 4.78 is 29.1. The highest BCUT2D eigenvalue weighted by molar-refractivity contribution is 7.93. The van der Waals surface area contributed by atoms with Gasteiger partial charge in [0.05, 0.1) is 4.75 Å². The highest BCUT2D eigenvalue weighted by Crippen LogP contribution is 2.25. The Balaban J connectivity index is 2.03. The van der Waals surface area contributed by atoms with Crippen molar-refractivity contribution in [1.82, 2.24) is 5.32 Å². The normalized spacial score (nSPS) is 11.8. The molecule has 0 heterocycles. The summed E-state index contributed by atoms with van der Waals surface area (Å²) in [4.78, 5) is 12.0. The van der Waals surface area contributed by atoms with Crippen LogP contribution in [0.5, 0.6) is 11.5 Å². The van der Waals surface area contributed by atoms with Crippen LogP contribution in [-0.4, -0.2) is 24.8 Å². The number of rotatable bonds is 6. The van der Waals surface area contributed by atoms with E-state index in [4.69, 9.17) is 4.74 Å². The molecule has 134 valence electrons. The van der Waals surface area contributed by atoms with Gasteiger partial charge in [0.1, 0.15) is 17.3 Å². The van der Waals surface area contributed by atoms with E-state index in [2.05, 4.69) is 5.32 Å². The molecule has 0 aliphatic rings. The highest BCUT2D eigenvalue weighted by Gasteiger charge is 2.31. The second-order valence-electron chi connectivity index (χ2n) is 6.67. The molecule has 0 saturated heterocycles. The smallest absolute Gasteiger partial charge is 0.235 e. The van der Waals surface area contributed by atoms with Crippen LogP contribution in [0.4, 0.5) is 0 Å². The maximum Gasteiger partial charge on any atom is 0.235 e. The second kappa shape index (κ2) is 7.70. The number of carbonyl (C=O) groups excluding carboxylic acids is 1. The lowest BCUT2D eigenvalue weighted by Crippen LogP contribution is -2.38. The fraction of sp³-hybridized carbons (Fsp3) is 0.316. The number of nitrogens with one attached hydrogen (secondary N) is 1. The zero-order valence-corrected chi connectivity index (χ0v) is 15.5. The van der Waals surface area contributed by atoms with Gasteiger partial charge in [-0.1, -0.05) is 36.4 Å². The van der Waals surface area contributed by atoms with E-state index in [0.29, 0.717) is 11.5 Å². The molecule has 25 heavy (non-hydrogen) atoms. The first-order chi connectivity index (χ1) is 11.7. The van der Waals surface area contributed by atoms with E-state index in [-0.39, 0.29) is 6.54 Å². The zero-order chi connectivity index (χ0) is 18.5. The van der Waals surface area contributed by atoms with Gasteiger partial charge in [-0.2, -0.15) is 0 Å². The Morgan fingerprint density at radius 1 is 1.00 bits per heavy atom. The number of ether oxygens (including phenoxy) is 1. The van der Waals surface area contributed by atoms with E-state index in [1.165, 1.54) is 0 Å². The third-order valence-electron chi connectivity index (χ3n) is 3.67. The molecule has 1 N–H and O–H groups in total. The molecule has 0 aliphatic heterocycles. The van der Waals surface area contributed by atoms with Gasteiger partial charge < -0.3 is 10.1 Å². The molecule has 5 nitrogen and oxygen atoms in total. The Bertz CT molecular complexity index is 824. The lowest BCUT2D eigenvalue weighted by atomic mass is 10.2. The third-order valence-corrected chi connectivity index (χ3v) is 6.18. The molecule has 0 spiro atoms. The van der Waals surface area contributed by atoms with Crippen molar-refractivity contribution < 1.29 is 17.9 Å². The lowest BCUT2D eigenvalue weighted by molar-refractivity contribution is -0.118. The molecule has 6 heteroatoms. The maximum absolute atomic E-state index is 12.1. The predicted octanol–water partition coefficient (Wildman–Crippen LogP) is 3.31. The van der Waals surface area contributed by atoms with Crippen molar-refractivity contribution in [3.8, 4) is 11.5 Å². The molecular weight excluding hydrogens is 338 g/mol. The predicted molar refractivity (Wildman–Crippen MR) is 98.3 cm³/mol. The van der Waals surface area contributed by atoms with Gasteiger partial charge in [0.2, 0.25) is 5.91 Å². The molecule has 0 bridgehead atoms. The minimum absolute atomic E-state index is 0.196.